The Morgan fingerprint density at radius 1 is 1.24 bits per heavy atom. The van der Waals surface area contributed by atoms with Gasteiger partial charge in [-0.1, -0.05) is 49.7 Å². The number of carbonyl (C=O) groups is 2. The lowest BCUT2D eigenvalue weighted by molar-refractivity contribution is -0.385. The number of rotatable bonds is 4. The van der Waals surface area contributed by atoms with E-state index in [0.717, 1.165) is 11.6 Å². The van der Waals surface area contributed by atoms with Crippen molar-refractivity contribution in [2.75, 3.05) is 0 Å². The van der Waals surface area contributed by atoms with E-state index >= 15 is 0 Å². The molecular weight excluding hydrogens is 462 g/mol. The Balaban J connectivity index is 1.77. The van der Waals surface area contributed by atoms with Gasteiger partial charge in [-0.25, -0.2) is 0 Å². The molecule has 0 radical (unpaired) electrons. The predicted molar refractivity (Wildman–Crippen MR) is 121 cm³/mol. The van der Waals surface area contributed by atoms with Crippen molar-refractivity contribution in [1.29, 1.82) is 0 Å². The SMILES string of the molecule is CC(C)c1ccc2c(c1)OC1(O)c3cccc([N+](=O)[O-])c3C(=O)C21NC(=O)c1cnccc1Cl. The van der Waals surface area contributed by atoms with Crippen LogP contribution in [0.25, 0.3) is 0 Å². The monoisotopic (exact) mass is 479 g/mol. The van der Waals surface area contributed by atoms with Gasteiger partial charge in [-0.2, -0.15) is 0 Å². The van der Waals surface area contributed by atoms with Crippen molar-refractivity contribution in [1.82, 2.24) is 10.3 Å². The normalized spacial score (nSPS) is 22.1. The third kappa shape index (κ3) is 2.74. The van der Waals surface area contributed by atoms with Gasteiger partial charge < -0.3 is 15.2 Å². The lowest BCUT2D eigenvalue weighted by atomic mass is 9.82. The van der Waals surface area contributed by atoms with Crippen molar-refractivity contribution in [2.45, 2.75) is 31.1 Å². The number of pyridine rings is 1. The molecule has 5 rings (SSSR count). The Kier molecular flexibility index (Phi) is 4.75. The number of nitro benzene ring substituents is 1. The fraction of sp³-hybridized carbons (Fsp3) is 0.208. The van der Waals surface area contributed by atoms with E-state index in [1.165, 1.54) is 30.6 Å². The van der Waals surface area contributed by atoms with Gasteiger partial charge in [0.15, 0.2) is 0 Å². The molecule has 0 spiro atoms. The van der Waals surface area contributed by atoms with Crippen LogP contribution in [0.15, 0.2) is 54.9 Å². The zero-order valence-corrected chi connectivity index (χ0v) is 18.8. The molecule has 2 atom stereocenters. The first-order chi connectivity index (χ1) is 16.1. The molecule has 9 nitrogen and oxygen atoms in total. The molecule has 2 aliphatic rings. The van der Waals surface area contributed by atoms with Gasteiger partial charge in [0.05, 0.1) is 15.5 Å². The van der Waals surface area contributed by atoms with Crippen molar-refractivity contribution >= 4 is 29.0 Å². The van der Waals surface area contributed by atoms with Crippen LogP contribution in [-0.4, -0.2) is 26.7 Å². The largest absolute Gasteiger partial charge is 0.454 e. The zero-order chi connectivity index (χ0) is 24.4. The van der Waals surface area contributed by atoms with Crippen LogP contribution in [0.5, 0.6) is 5.75 Å². The van der Waals surface area contributed by atoms with E-state index in [9.17, 15) is 24.8 Å². The number of nitrogens with zero attached hydrogens (tertiary/aromatic N) is 2. The number of benzene rings is 2. The number of fused-ring (bicyclic) bond motifs is 5. The van der Waals surface area contributed by atoms with Crippen LogP contribution in [0, 0.1) is 10.1 Å². The molecule has 1 aliphatic carbocycles. The maximum absolute atomic E-state index is 14.0. The second-order valence-electron chi connectivity index (χ2n) is 8.50. The van der Waals surface area contributed by atoms with Crippen LogP contribution in [0.3, 0.4) is 0 Å². The number of aliphatic hydroxyl groups is 1. The summed E-state index contributed by atoms with van der Waals surface area (Å²) in [5, 5.41) is 26.3. The van der Waals surface area contributed by atoms with Gasteiger partial charge >= 0.3 is 0 Å². The van der Waals surface area contributed by atoms with Crippen molar-refractivity contribution in [3.8, 4) is 5.75 Å². The van der Waals surface area contributed by atoms with Crippen molar-refractivity contribution in [2.24, 2.45) is 0 Å². The van der Waals surface area contributed by atoms with Gasteiger partial charge in [0.2, 0.25) is 11.3 Å². The molecule has 1 amide bonds. The van der Waals surface area contributed by atoms with Gasteiger partial charge in [0, 0.05) is 29.6 Å². The van der Waals surface area contributed by atoms with E-state index in [4.69, 9.17) is 16.3 Å². The van der Waals surface area contributed by atoms with Gasteiger partial charge in [0.1, 0.15) is 11.3 Å². The molecule has 172 valence electrons. The zero-order valence-electron chi connectivity index (χ0n) is 18.0. The highest BCUT2D eigenvalue weighted by atomic mass is 35.5. The van der Waals surface area contributed by atoms with Gasteiger partial charge in [-0.3, -0.25) is 24.7 Å². The Morgan fingerprint density at radius 3 is 2.68 bits per heavy atom. The minimum atomic E-state index is -2.42. The summed E-state index contributed by atoms with van der Waals surface area (Å²) in [6.45, 7) is 3.94. The number of Topliss-reactive ketones (excluding diaryl/α,β-unsaturated/α-hetero) is 1. The number of aromatic nitrogens is 1. The summed E-state index contributed by atoms with van der Waals surface area (Å²) in [6.07, 6.45) is 2.62. The average molecular weight is 480 g/mol. The van der Waals surface area contributed by atoms with Crippen LogP contribution in [0.1, 0.15) is 57.2 Å². The molecule has 2 aromatic carbocycles. The molecule has 2 unspecified atom stereocenters. The average Bonchev–Trinajstić information content (AvgIpc) is 3.16. The molecule has 0 saturated heterocycles. The number of hydrogen-bond acceptors (Lipinski definition) is 7. The minimum absolute atomic E-state index is 0.0357. The number of carbonyl (C=O) groups excluding carboxylic acids is 2. The van der Waals surface area contributed by atoms with Crippen molar-refractivity contribution < 1.29 is 24.4 Å². The summed E-state index contributed by atoms with van der Waals surface area (Å²) in [4.78, 5) is 42.2. The first-order valence-electron chi connectivity index (χ1n) is 10.4. The molecule has 2 N–H and O–H groups in total. The molecule has 10 heteroatoms. The summed E-state index contributed by atoms with van der Waals surface area (Å²) in [5.41, 5.74) is -2.08. The summed E-state index contributed by atoms with van der Waals surface area (Å²) < 4.78 is 5.96. The number of halogens is 1. The Labute approximate surface area is 198 Å². The highest BCUT2D eigenvalue weighted by molar-refractivity contribution is 6.34. The molecule has 3 aromatic rings. The molecule has 2 heterocycles. The fourth-order valence-corrected chi connectivity index (χ4v) is 4.83. The lowest BCUT2D eigenvalue weighted by Crippen LogP contribution is -2.60. The Hall–Kier alpha value is -3.82. The van der Waals surface area contributed by atoms with E-state index in [2.05, 4.69) is 10.3 Å². The molecule has 1 aliphatic heterocycles. The Bertz CT molecular complexity index is 1410. The number of ether oxygens (including phenoxy) is 1. The number of nitro groups is 1. The van der Waals surface area contributed by atoms with E-state index in [-0.39, 0.29) is 38.9 Å². The molecule has 0 bridgehead atoms. The summed E-state index contributed by atoms with van der Waals surface area (Å²) in [5.74, 6) is -3.77. The summed E-state index contributed by atoms with van der Waals surface area (Å²) in [7, 11) is 0. The van der Waals surface area contributed by atoms with Gasteiger partial charge in [0.25, 0.3) is 17.4 Å². The highest BCUT2D eigenvalue weighted by Crippen LogP contribution is 2.59. The van der Waals surface area contributed by atoms with Crippen LogP contribution >= 0.6 is 11.6 Å². The van der Waals surface area contributed by atoms with E-state index in [1.807, 2.05) is 13.8 Å². The molecule has 0 fully saturated rings. The Morgan fingerprint density at radius 2 is 2.00 bits per heavy atom. The van der Waals surface area contributed by atoms with Crippen molar-refractivity contribution in [3.63, 3.8) is 0 Å². The van der Waals surface area contributed by atoms with Gasteiger partial charge in [-0.15, -0.1) is 0 Å². The van der Waals surface area contributed by atoms with E-state index < -0.39 is 33.6 Å². The van der Waals surface area contributed by atoms with E-state index in [1.54, 1.807) is 18.2 Å². The first-order valence-corrected chi connectivity index (χ1v) is 10.8. The smallest absolute Gasteiger partial charge is 0.280 e. The van der Waals surface area contributed by atoms with Gasteiger partial charge in [-0.05, 0) is 23.6 Å². The number of ketones is 1. The topological polar surface area (TPSA) is 132 Å². The molecular formula is C24H18ClN3O6. The number of nitrogens with one attached hydrogen (secondary N) is 1. The number of amides is 1. The van der Waals surface area contributed by atoms with Crippen LogP contribution in [0.4, 0.5) is 5.69 Å². The maximum Gasteiger partial charge on any atom is 0.280 e. The molecule has 34 heavy (non-hydrogen) atoms. The quantitative estimate of drug-likeness (QED) is 0.429. The fourth-order valence-electron chi connectivity index (χ4n) is 4.64. The molecule has 0 saturated carbocycles. The maximum atomic E-state index is 14.0. The predicted octanol–water partition coefficient (Wildman–Crippen LogP) is 3.83. The minimum Gasteiger partial charge on any atom is -0.454 e. The second kappa shape index (κ2) is 7.34. The third-order valence-corrected chi connectivity index (χ3v) is 6.66. The summed E-state index contributed by atoms with van der Waals surface area (Å²) in [6, 6.07) is 10.3. The first kappa shape index (κ1) is 22.0. The molecule has 1 aromatic heterocycles. The third-order valence-electron chi connectivity index (χ3n) is 6.33. The second-order valence-corrected chi connectivity index (χ2v) is 8.91. The van der Waals surface area contributed by atoms with Crippen LogP contribution in [0.2, 0.25) is 5.02 Å². The lowest BCUT2D eigenvalue weighted by Gasteiger charge is -2.34. The summed E-state index contributed by atoms with van der Waals surface area (Å²) >= 11 is 6.16. The van der Waals surface area contributed by atoms with Crippen molar-refractivity contribution in [3.05, 3.63) is 97.8 Å². The van der Waals surface area contributed by atoms with Crippen LogP contribution < -0.4 is 10.1 Å². The van der Waals surface area contributed by atoms with Crippen LogP contribution in [-0.2, 0) is 11.3 Å². The van der Waals surface area contributed by atoms with E-state index in [0.29, 0.717) is 0 Å². The standard InChI is InChI=1S/C24H18ClN3O6/c1-12(2)13-6-7-15-19(10-13)34-24(31)16-4-3-5-18(28(32)33)20(16)21(29)23(15,24)27-22(30)14-11-26-9-8-17(14)25/h3-12,31H,1-2H3,(H,27,30). The highest BCUT2D eigenvalue weighted by Gasteiger charge is 2.73. The number of hydrogen-bond donors (Lipinski definition) is 2.